The van der Waals surface area contributed by atoms with Crippen LogP contribution < -0.4 is 0 Å². The van der Waals surface area contributed by atoms with Gasteiger partial charge in [0, 0.05) is 0 Å². The molecule has 9 heavy (non-hydrogen) atoms. The fourth-order valence-electron chi connectivity index (χ4n) is 0. The molecule has 0 heterocycles. The molecule has 0 aromatic rings. The van der Waals surface area contributed by atoms with Gasteiger partial charge in [-0.3, -0.25) is 0 Å². The summed E-state index contributed by atoms with van der Waals surface area (Å²) in [5, 5.41) is 0. The Morgan fingerprint density at radius 2 is 1.00 bits per heavy atom. The summed E-state index contributed by atoms with van der Waals surface area (Å²) in [7, 11) is 17.8. The molecule has 0 aromatic carbocycles. The molecule has 0 atom stereocenters. The molecule has 0 spiro atoms. The predicted octanol–water partition coefficient (Wildman–Crippen LogP) is 5.16. The van der Waals surface area contributed by atoms with Gasteiger partial charge in [-0.2, -0.15) is 0 Å². The normalized spacial score (nSPS) is 4.11. The molecule has 0 amide bonds. The molecule has 0 aliphatic heterocycles. The van der Waals surface area contributed by atoms with Crippen LogP contribution in [-0.2, 0) is 41.3 Å². The molecule has 54 valence electrons. The van der Waals surface area contributed by atoms with Gasteiger partial charge in [-0.1, -0.05) is 0 Å². The van der Waals surface area contributed by atoms with Gasteiger partial charge in [-0.25, -0.2) is 0 Å². The zero-order valence-corrected chi connectivity index (χ0v) is 13.2. The Morgan fingerprint density at radius 1 is 1.00 bits per heavy atom. The number of rotatable bonds is 0. The summed E-state index contributed by atoms with van der Waals surface area (Å²) in [6.07, 6.45) is 0. The molecule has 0 saturated heterocycles. The van der Waals surface area contributed by atoms with Crippen molar-refractivity contribution in [1.82, 2.24) is 0 Å². The van der Waals surface area contributed by atoms with Gasteiger partial charge < -0.3 is 0 Å². The second-order valence-electron chi connectivity index (χ2n) is 0.275. The van der Waals surface area contributed by atoms with Crippen LogP contribution in [0.25, 0.3) is 0 Å². The van der Waals surface area contributed by atoms with E-state index in [-0.39, 0.29) is 0 Å². The third kappa shape index (κ3) is 70.8. The van der Waals surface area contributed by atoms with Gasteiger partial charge in [0.1, 0.15) is 0 Å². The molecule has 0 nitrogen and oxygen atoms in total. The van der Waals surface area contributed by atoms with Gasteiger partial charge in [-0.15, -0.1) is 0 Å². The maximum atomic E-state index is 3.78. The molecule has 0 aromatic heterocycles. The van der Waals surface area contributed by atoms with E-state index < -0.39 is 10.5 Å². The minimum absolute atomic E-state index is 0.667. The summed E-state index contributed by atoms with van der Waals surface area (Å²) in [5.41, 5.74) is 0. The van der Waals surface area contributed by atoms with Crippen LogP contribution in [0.4, 0.5) is 0 Å². The van der Waals surface area contributed by atoms with Crippen molar-refractivity contribution in [2.45, 2.75) is 0 Å². The summed E-state index contributed by atoms with van der Waals surface area (Å²) in [4.78, 5) is 0. The van der Waals surface area contributed by atoms with Gasteiger partial charge in [0.25, 0.3) is 0 Å². The van der Waals surface area contributed by atoms with E-state index in [1.807, 2.05) is 0 Å². The van der Waals surface area contributed by atoms with Gasteiger partial charge in [0.15, 0.2) is 0 Å². The van der Waals surface area contributed by atoms with Crippen LogP contribution in [0.3, 0.4) is 0 Å². The first-order valence-corrected chi connectivity index (χ1v) is 12.6. The molecular formula is FeMoNiP6. The molecule has 0 saturated carbocycles. The van der Waals surface area contributed by atoms with E-state index in [4.69, 9.17) is 0 Å². The summed E-state index contributed by atoms with van der Waals surface area (Å²) in [6.45, 7) is 3.54. The first-order chi connectivity index (χ1) is 4.15. The Balaban J connectivity index is -0.0000000646. The predicted molar refractivity (Wildman–Crippen MR) is 41.5 cm³/mol. The van der Waals surface area contributed by atoms with Crippen molar-refractivity contribution < 1.29 is 41.3 Å². The fraction of sp³-hybridized carbons (Fsp3) is 0. The second-order valence-corrected chi connectivity index (χ2v) is 10.2. The zero-order valence-electron chi connectivity index (χ0n) is 3.76. The van der Waals surface area contributed by atoms with E-state index in [9.17, 15) is 0 Å². The van der Waals surface area contributed by atoms with Crippen LogP contribution in [0.2, 0.25) is 0 Å². The first-order valence-electron chi connectivity index (χ1n) is 0.940. The van der Waals surface area contributed by atoms with Gasteiger partial charge in [-0.05, 0) is 0 Å². The van der Waals surface area contributed by atoms with Crippen molar-refractivity contribution in [2.75, 3.05) is 0 Å². The zero-order chi connectivity index (χ0) is 8.28. The molecule has 0 N–H and O–H groups in total. The van der Waals surface area contributed by atoms with E-state index in [0.29, 0.717) is 0 Å². The van der Waals surface area contributed by atoms with E-state index in [1.165, 1.54) is 0 Å². The molecule has 0 fully saturated rings. The van der Waals surface area contributed by atoms with Crippen molar-refractivity contribution in [3.05, 3.63) is 0 Å². The Kier molecular flexibility index (Phi) is 48.0. The maximum absolute atomic E-state index is 3.78. The van der Waals surface area contributed by atoms with Gasteiger partial charge >= 0.3 is 84.5 Å². The van der Waals surface area contributed by atoms with Crippen LogP contribution in [-0.4, -0.2) is 0 Å². The molecule has 0 rings (SSSR count). The number of hydrogen-bond donors (Lipinski definition) is 0. The van der Waals surface area contributed by atoms with Crippen molar-refractivity contribution in [2.24, 2.45) is 0 Å². The molecule has 9 heteroatoms. The van der Waals surface area contributed by atoms with E-state index in [1.54, 1.807) is 18.6 Å². The molecule has 0 bridgehead atoms. The first kappa shape index (κ1) is 19.0. The van der Waals surface area contributed by atoms with Crippen LogP contribution in [0.15, 0.2) is 0 Å². The topological polar surface area (TPSA) is 0 Å². The quantitative estimate of drug-likeness (QED) is 0.392. The monoisotopic (exact) mass is 398 g/mol. The molecular weight excluding hydrogens is 396 g/mol. The molecule has 0 unspecified atom stereocenters. The van der Waals surface area contributed by atoms with Crippen molar-refractivity contribution in [1.29, 1.82) is 0 Å². The van der Waals surface area contributed by atoms with Crippen molar-refractivity contribution in [3.63, 3.8) is 0 Å². The summed E-state index contributed by atoms with van der Waals surface area (Å²) in [5.74, 6) is 0. The summed E-state index contributed by atoms with van der Waals surface area (Å²) in [6, 6.07) is 0. The van der Waals surface area contributed by atoms with Crippen LogP contribution in [0, 0.1) is 0 Å². The third-order valence-corrected chi connectivity index (χ3v) is 0. The second kappa shape index (κ2) is 22.8. The minimum atomic E-state index is -0.667. The van der Waals surface area contributed by atoms with E-state index in [2.05, 4.69) is 43.2 Å². The Hall–Kier alpha value is 4.28. The fourth-order valence-corrected chi connectivity index (χ4v) is 0. The molecule has 0 radical (unpaired) electrons. The van der Waals surface area contributed by atoms with Gasteiger partial charge in [0.2, 0.25) is 0 Å². The van der Waals surface area contributed by atoms with Crippen LogP contribution >= 0.6 is 43.2 Å². The number of hydrogen-bond acceptors (Lipinski definition) is 0. The Bertz CT molecular complexity index is 429. The van der Waals surface area contributed by atoms with Gasteiger partial charge in [0.05, 0.1) is 0 Å². The average molecular weight is 396 g/mol. The Morgan fingerprint density at radius 3 is 1.00 bits per heavy atom. The van der Waals surface area contributed by atoms with Crippen molar-refractivity contribution >= 4 is 43.2 Å². The standard InChI is InChI=1S/Fe.Mo.Ni.6P. The summed E-state index contributed by atoms with van der Waals surface area (Å²) < 4.78 is 0. The van der Waals surface area contributed by atoms with E-state index in [0.717, 1.165) is 12.2 Å². The molecule has 0 aliphatic carbocycles. The molecule has 0 aliphatic rings. The third-order valence-electron chi connectivity index (χ3n) is 0. The van der Waals surface area contributed by atoms with Crippen LogP contribution in [0.5, 0.6) is 0 Å². The Labute approximate surface area is 83.4 Å². The SMILES string of the molecule is [P]#[Fe](#[P])#[P].[P]#[Mo].[P]#[Ni]#[P]. The summed E-state index contributed by atoms with van der Waals surface area (Å²) >= 11 is 2.66. The average Bonchev–Trinajstić information content (AvgIpc) is 1.71. The van der Waals surface area contributed by atoms with Crippen molar-refractivity contribution in [3.8, 4) is 0 Å². The van der Waals surface area contributed by atoms with E-state index >= 15 is 0 Å². The van der Waals surface area contributed by atoms with Crippen LogP contribution in [0.1, 0.15) is 0 Å².